The number of ether oxygens (including phenoxy) is 2. The fourth-order valence-electron chi connectivity index (χ4n) is 1.86. The van der Waals surface area contributed by atoms with Gasteiger partial charge in [-0.2, -0.15) is 0 Å². The molecular weight excluding hydrogens is 339 g/mol. The van der Waals surface area contributed by atoms with Crippen LogP contribution in [0.1, 0.15) is 20.7 Å². The molecule has 2 aromatic carbocycles. The van der Waals surface area contributed by atoms with Gasteiger partial charge in [0.05, 0.1) is 19.8 Å². The van der Waals surface area contributed by atoms with Gasteiger partial charge in [0.15, 0.2) is 0 Å². The summed E-state index contributed by atoms with van der Waals surface area (Å²) in [5.74, 6) is -1.39. The van der Waals surface area contributed by atoms with Gasteiger partial charge < -0.3 is 9.47 Å². The number of carbonyl (C=O) groups excluding carboxylic acids is 2. The first kappa shape index (κ1) is 17.6. The first-order valence-corrected chi connectivity index (χ1v) is 7.11. The van der Waals surface area contributed by atoms with Gasteiger partial charge in [-0.3, -0.25) is 20.4 Å². The predicted octanol–water partition coefficient (Wildman–Crippen LogP) is 2.57. The molecule has 0 saturated heterocycles. The van der Waals surface area contributed by atoms with Crippen molar-refractivity contribution < 1.29 is 23.5 Å². The van der Waals surface area contributed by atoms with Crippen LogP contribution < -0.4 is 20.3 Å². The van der Waals surface area contributed by atoms with Crippen LogP contribution in [-0.2, 0) is 0 Å². The number of hydrogen-bond donors (Lipinski definition) is 2. The van der Waals surface area contributed by atoms with Crippen LogP contribution in [0.3, 0.4) is 0 Å². The lowest BCUT2D eigenvalue weighted by atomic mass is 10.2. The quantitative estimate of drug-likeness (QED) is 0.829. The van der Waals surface area contributed by atoms with Crippen LogP contribution >= 0.6 is 11.6 Å². The number of methoxy groups -OCH3 is 2. The highest BCUT2D eigenvalue weighted by Crippen LogP contribution is 2.22. The van der Waals surface area contributed by atoms with E-state index in [0.717, 1.165) is 12.1 Å². The summed E-state index contributed by atoms with van der Waals surface area (Å²) >= 11 is 5.72. The van der Waals surface area contributed by atoms with Crippen LogP contribution in [0.4, 0.5) is 4.39 Å². The fraction of sp³-hybridized carbons (Fsp3) is 0.125. The first-order valence-electron chi connectivity index (χ1n) is 6.73. The third-order valence-electron chi connectivity index (χ3n) is 3.08. The van der Waals surface area contributed by atoms with Gasteiger partial charge in [-0.1, -0.05) is 11.6 Å². The van der Waals surface area contributed by atoms with Crippen molar-refractivity contribution in [3.05, 3.63) is 58.4 Å². The van der Waals surface area contributed by atoms with Crippen molar-refractivity contribution in [3.8, 4) is 11.5 Å². The maximum absolute atomic E-state index is 13.6. The monoisotopic (exact) mass is 352 g/mol. The lowest BCUT2D eigenvalue weighted by Crippen LogP contribution is -2.42. The van der Waals surface area contributed by atoms with Gasteiger partial charge in [-0.25, -0.2) is 4.39 Å². The number of hydrazine groups is 1. The van der Waals surface area contributed by atoms with Gasteiger partial charge in [-0.05, 0) is 30.3 Å². The number of amides is 2. The Kier molecular flexibility index (Phi) is 5.59. The van der Waals surface area contributed by atoms with E-state index in [4.69, 9.17) is 21.1 Å². The molecule has 0 saturated carbocycles. The maximum atomic E-state index is 13.6. The Morgan fingerprint density at radius 3 is 2.12 bits per heavy atom. The third-order valence-corrected chi connectivity index (χ3v) is 3.31. The minimum atomic E-state index is -0.835. The number of rotatable bonds is 4. The molecule has 2 aromatic rings. The van der Waals surface area contributed by atoms with Gasteiger partial charge >= 0.3 is 0 Å². The molecule has 0 unspecified atom stereocenters. The van der Waals surface area contributed by atoms with Crippen molar-refractivity contribution in [3.63, 3.8) is 0 Å². The van der Waals surface area contributed by atoms with E-state index in [9.17, 15) is 14.0 Å². The van der Waals surface area contributed by atoms with Crippen molar-refractivity contribution in [2.75, 3.05) is 14.2 Å². The van der Waals surface area contributed by atoms with Gasteiger partial charge in [0.1, 0.15) is 17.3 Å². The second kappa shape index (κ2) is 7.65. The molecule has 2 rings (SSSR count). The average Bonchev–Trinajstić information content (AvgIpc) is 2.60. The molecule has 0 spiro atoms. The van der Waals surface area contributed by atoms with Crippen molar-refractivity contribution in [2.45, 2.75) is 0 Å². The zero-order chi connectivity index (χ0) is 17.7. The second-order valence-electron chi connectivity index (χ2n) is 4.63. The van der Waals surface area contributed by atoms with Gasteiger partial charge in [0, 0.05) is 16.7 Å². The van der Waals surface area contributed by atoms with E-state index < -0.39 is 17.6 Å². The molecule has 24 heavy (non-hydrogen) atoms. The number of nitrogens with one attached hydrogen (secondary N) is 2. The summed E-state index contributed by atoms with van der Waals surface area (Å²) in [6, 6.07) is 8.05. The Labute approximate surface area is 142 Å². The molecule has 0 bridgehead atoms. The molecule has 0 fully saturated rings. The van der Waals surface area contributed by atoms with Crippen LogP contribution in [0, 0.1) is 5.82 Å². The van der Waals surface area contributed by atoms with E-state index in [-0.39, 0.29) is 16.1 Å². The zero-order valence-corrected chi connectivity index (χ0v) is 13.6. The van der Waals surface area contributed by atoms with Crippen LogP contribution in [0.2, 0.25) is 5.02 Å². The first-order chi connectivity index (χ1) is 11.4. The Morgan fingerprint density at radius 1 is 0.958 bits per heavy atom. The molecule has 0 aromatic heterocycles. The summed E-state index contributed by atoms with van der Waals surface area (Å²) in [7, 11) is 2.89. The fourth-order valence-corrected chi connectivity index (χ4v) is 2.04. The molecule has 126 valence electrons. The highest BCUT2D eigenvalue weighted by molar-refractivity contribution is 6.31. The molecule has 0 atom stereocenters. The molecule has 2 N–H and O–H groups in total. The van der Waals surface area contributed by atoms with E-state index in [1.165, 1.54) is 32.4 Å². The topological polar surface area (TPSA) is 76.7 Å². The number of hydrogen-bond acceptors (Lipinski definition) is 4. The highest BCUT2D eigenvalue weighted by Gasteiger charge is 2.15. The summed E-state index contributed by atoms with van der Waals surface area (Å²) in [5, 5.41) is 0.199. The lowest BCUT2D eigenvalue weighted by molar-refractivity contribution is 0.0844. The van der Waals surface area contributed by atoms with Crippen LogP contribution in [0.5, 0.6) is 11.5 Å². The second-order valence-corrected chi connectivity index (χ2v) is 5.07. The number of benzene rings is 2. The van der Waals surface area contributed by atoms with Gasteiger partial charge in [0.2, 0.25) is 0 Å². The van der Waals surface area contributed by atoms with E-state index >= 15 is 0 Å². The summed E-state index contributed by atoms with van der Waals surface area (Å²) < 4.78 is 23.7. The van der Waals surface area contributed by atoms with Crippen LogP contribution in [-0.4, -0.2) is 26.0 Å². The Hall–Kier alpha value is -2.80. The molecule has 0 aliphatic heterocycles. The highest BCUT2D eigenvalue weighted by atomic mass is 35.5. The molecule has 0 heterocycles. The van der Waals surface area contributed by atoms with Crippen molar-refractivity contribution in [1.29, 1.82) is 0 Å². The predicted molar refractivity (Wildman–Crippen MR) is 85.9 cm³/mol. The zero-order valence-electron chi connectivity index (χ0n) is 12.9. The minimum Gasteiger partial charge on any atom is -0.497 e. The Bertz CT molecular complexity index is 760. The molecule has 0 aliphatic rings. The molecule has 6 nitrogen and oxygen atoms in total. The standard InChI is InChI=1S/C16H14ClFN2O4/c1-23-11-5-9(6-12(8-11)24-2)15(21)19-20-16(22)13-7-10(17)3-4-14(13)18/h3-8H,1-2H3,(H,19,21)(H,20,22). The van der Waals surface area contributed by atoms with Gasteiger partial charge in [-0.15, -0.1) is 0 Å². The summed E-state index contributed by atoms with van der Waals surface area (Å²) in [6.45, 7) is 0. The Balaban J connectivity index is 2.10. The van der Waals surface area contributed by atoms with Crippen LogP contribution in [0.25, 0.3) is 0 Å². The number of halogens is 2. The van der Waals surface area contributed by atoms with E-state index in [1.807, 2.05) is 0 Å². The Morgan fingerprint density at radius 2 is 1.54 bits per heavy atom. The molecule has 0 aliphatic carbocycles. The maximum Gasteiger partial charge on any atom is 0.272 e. The van der Waals surface area contributed by atoms with E-state index in [1.54, 1.807) is 6.07 Å². The molecule has 0 radical (unpaired) electrons. The smallest absolute Gasteiger partial charge is 0.272 e. The SMILES string of the molecule is COc1cc(OC)cc(C(=O)NNC(=O)c2cc(Cl)ccc2F)c1. The molecule has 8 heteroatoms. The van der Waals surface area contributed by atoms with E-state index in [2.05, 4.69) is 10.9 Å². The summed E-state index contributed by atoms with van der Waals surface area (Å²) in [4.78, 5) is 24.0. The lowest BCUT2D eigenvalue weighted by Gasteiger charge is -2.10. The van der Waals surface area contributed by atoms with Crippen molar-refractivity contribution in [1.82, 2.24) is 10.9 Å². The summed E-state index contributed by atoms with van der Waals surface area (Å²) in [5.41, 5.74) is 4.22. The normalized spacial score (nSPS) is 10.0. The van der Waals surface area contributed by atoms with Gasteiger partial charge in [0.25, 0.3) is 11.8 Å². The minimum absolute atomic E-state index is 0.193. The third kappa shape index (κ3) is 4.14. The molecular formula is C16H14ClFN2O4. The van der Waals surface area contributed by atoms with Crippen LogP contribution in [0.15, 0.2) is 36.4 Å². The average molecular weight is 353 g/mol. The molecule has 2 amide bonds. The van der Waals surface area contributed by atoms with E-state index in [0.29, 0.717) is 11.5 Å². The number of carbonyl (C=O) groups is 2. The van der Waals surface area contributed by atoms with Crippen molar-refractivity contribution in [2.24, 2.45) is 0 Å². The largest absolute Gasteiger partial charge is 0.497 e. The van der Waals surface area contributed by atoms with Crippen molar-refractivity contribution >= 4 is 23.4 Å². The summed E-state index contributed by atoms with van der Waals surface area (Å²) in [6.07, 6.45) is 0.